The lowest BCUT2D eigenvalue weighted by Gasteiger charge is -2.35. The van der Waals surface area contributed by atoms with Crippen molar-refractivity contribution < 1.29 is 46.3 Å². The van der Waals surface area contributed by atoms with Gasteiger partial charge in [0, 0.05) is 30.4 Å². The molecule has 1 aliphatic rings. The number of ether oxygens (including phenoxy) is 2. The number of carbonyl (C=O) groups is 5. The zero-order valence-corrected chi connectivity index (χ0v) is 28.1. The summed E-state index contributed by atoms with van der Waals surface area (Å²) >= 11 is 0. The van der Waals surface area contributed by atoms with Crippen molar-refractivity contribution >= 4 is 51.2 Å². The Balaban J connectivity index is 1.40. The van der Waals surface area contributed by atoms with Crippen molar-refractivity contribution in [2.45, 2.75) is 36.8 Å². The van der Waals surface area contributed by atoms with Crippen molar-refractivity contribution in [3.63, 3.8) is 0 Å². The van der Waals surface area contributed by atoms with E-state index in [9.17, 15) is 32.4 Å². The van der Waals surface area contributed by atoms with Gasteiger partial charge in [-0.25, -0.2) is 32.0 Å². The second-order valence-corrected chi connectivity index (χ2v) is 13.4. The van der Waals surface area contributed by atoms with Gasteiger partial charge in [0.2, 0.25) is 15.9 Å². The number of carbonyl (C=O) groups excluding carboxylic acids is 5. The monoisotopic (exact) mass is 716 g/mol. The van der Waals surface area contributed by atoms with Crippen molar-refractivity contribution in [2.75, 3.05) is 23.3 Å². The van der Waals surface area contributed by atoms with Gasteiger partial charge in [-0.3, -0.25) is 9.69 Å². The van der Waals surface area contributed by atoms with Gasteiger partial charge in [-0.2, -0.15) is 4.31 Å². The highest BCUT2D eigenvalue weighted by Gasteiger charge is 2.57. The average Bonchev–Trinajstić information content (AvgIpc) is 3.57. The quantitative estimate of drug-likeness (QED) is 0.167. The van der Waals surface area contributed by atoms with Crippen LogP contribution in [0.1, 0.15) is 41.3 Å². The molecule has 0 aliphatic carbocycles. The summed E-state index contributed by atoms with van der Waals surface area (Å²) in [6.45, 7) is 0.119. The maximum atomic E-state index is 15.5. The van der Waals surface area contributed by atoms with Gasteiger partial charge in [-0.05, 0) is 66.9 Å². The molecule has 1 atom stereocenters. The van der Waals surface area contributed by atoms with Crippen LogP contribution in [-0.4, -0.2) is 55.7 Å². The molecule has 3 amide bonds. The molecule has 0 aromatic heterocycles. The Kier molecular flexibility index (Phi) is 10.9. The van der Waals surface area contributed by atoms with E-state index in [-0.39, 0.29) is 53.6 Å². The fourth-order valence-electron chi connectivity index (χ4n) is 5.79. The molecule has 3 N–H and O–H groups in total. The fourth-order valence-corrected chi connectivity index (χ4v) is 7.57. The van der Waals surface area contributed by atoms with Crippen LogP contribution in [0.15, 0.2) is 108 Å². The van der Waals surface area contributed by atoms with Crippen LogP contribution in [0.5, 0.6) is 0 Å². The van der Waals surface area contributed by atoms with Gasteiger partial charge in [0.05, 0.1) is 10.5 Å². The zero-order chi connectivity index (χ0) is 36.8. The summed E-state index contributed by atoms with van der Waals surface area (Å²) in [7, 11) is -4.54. The highest BCUT2D eigenvalue weighted by atomic mass is 32.2. The number of nitrogens with zero attached hydrogens (tertiary/aromatic N) is 2. The number of rotatable bonds is 11. The second kappa shape index (κ2) is 15.3. The van der Waals surface area contributed by atoms with E-state index in [0.29, 0.717) is 5.69 Å². The summed E-state index contributed by atoms with van der Waals surface area (Å²) < 4.78 is 54.9. The molecule has 4 aromatic rings. The molecular formula is C36H33FN4O9S. The molecule has 4 aromatic carbocycles. The van der Waals surface area contributed by atoms with E-state index in [4.69, 9.17) is 15.2 Å². The van der Waals surface area contributed by atoms with E-state index in [2.05, 4.69) is 5.32 Å². The maximum absolute atomic E-state index is 15.5. The first kappa shape index (κ1) is 36.4. The molecule has 13 nitrogen and oxygen atoms in total. The number of sulfonamides is 1. The van der Waals surface area contributed by atoms with Crippen molar-refractivity contribution in [2.24, 2.45) is 5.73 Å². The molecular weight excluding hydrogens is 683 g/mol. The largest absolute Gasteiger partial charge is 0.457 e. The van der Waals surface area contributed by atoms with E-state index < -0.39 is 51.9 Å². The summed E-state index contributed by atoms with van der Waals surface area (Å²) in [5, 5.41) is 2.53. The number of nitrogens with two attached hydrogens (primary N) is 1. The number of hydrogen-bond acceptors (Lipinski definition) is 9. The highest BCUT2D eigenvalue weighted by molar-refractivity contribution is 7.89. The average molecular weight is 717 g/mol. The molecule has 51 heavy (non-hydrogen) atoms. The molecule has 0 bridgehead atoms. The Morgan fingerprint density at radius 3 is 2.27 bits per heavy atom. The lowest BCUT2D eigenvalue weighted by atomic mass is 9.88. The van der Waals surface area contributed by atoms with E-state index in [1.165, 1.54) is 73.7 Å². The van der Waals surface area contributed by atoms with Gasteiger partial charge < -0.3 is 20.5 Å². The van der Waals surface area contributed by atoms with Crippen molar-refractivity contribution in [1.82, 2.24) is 4.31 Å². The highest BCUT2D eigenvalue weighted by Crippen LogP contribution is 2.44. The Morgan fingerprint density at radius 1 is 0.922 bits per heavy atom. The molecule has 1 fully saturated rings. The van der Waals surface area contributed by atoms with Gasteiger partial charge >= 0.3 is 23.9 Å². The van der Waals surface area contributed by atoms with Crippen LogP contribution in [0.3, 0.4) is 0 Å². The summed E-state index contributed by atoms with van der Waals surface area (Å²) in [5.41, 5.74) is 4.02. The minimum Gasteiger partial charge on any atom is -0.457 e. The second-order valence-electron chi connectivity index (χ2n) is 11.5. The number of primary amides is 1. The lowest BCUT2D eigenvalue weighted by Crippen LogP contribution is -2.53. The van der Waals surface area contributed by atoms with Crippen LogP contribution in [0.4, 0.5) is 20.6 Å². The molecule has 1 heterocycles. The van der Waals surface area contributed by atoms with Gasteiger partial charge in [0.15, 0.2) is 5.54 Å². The van der Waals surface area contributed by atoms with Crippen LogP contribution in [0, 0.1) is 5.82 Å². The molecule has 5 rings (SSSR count). The van der Waals surface area contributed by atoms with Gasteiger partial charge in [-0.1, -0.05) is 54.6 Å². The van der Waals surface area contributed by atoms with Crippen LogP contribution in [0.25, 0.3) is 0 Å². The van der Waals surface area contributed by atoms with Gasteiger partial charge in [-0.15, -0.1) is 0 Å². The molecule has 0 saturated carbocycles. The number of anilines is 2. The van der Waals surface area contributed by atoms with Crippen LogP contribution in [-0.2, 0) is 46.0 Å². The first-order chi connectivity index (χ1) is 24.3. The van der Waals surface area contributed by atoms with E-state index >= 15 is 4.39 Å². The minimum absolute atomic E-state index is 0.00217. The first-order valence-electron chi connectivity index (χ1n) is 15.6. The van der Waals surface area contributed by atoms with E-state index in [1.54, 1.807) is 24.3 Å². The molecule has 1 unspecified atom stereocenters. The van der Waals surface area contributed by atoms with Gasteiger partial charge in [0.25, 0.3) is 0 Å². The third kappa shape index (κ3) is 7.95. The number of amides is 3. The van der Waals surface area contributed by atoms with E-state index in [0.717, 1.165) is 20.8 Å². The third-order valence-corrected chi connectivity index (χ3v) is 10.1. The number of halogens is 1. The van der Waals surface area contributed by atoms with Crippen molar-refractivity contribution in [3.8, 4) is 0 Å². The third-order valence-electron chi connectivity index (χ3n) is 8.11. The van der Waals surface area contributed by atoms with Crippen LogP contribution < -0.4 is 16.0 Å². The molecule has 264 valence electrons. The molecule has 1 aliphatic heterocycles. The number of esters is 3. The topological polar surface area (TPSA) is 182 Å². The Hall–Kier alpha value is -5.93. The van der Waals surface area contributed by atoms with Crippen molar-refractivity contribution in [3.05, 3.63) is 126 Å². The molecule has 15 heteroatoms. The van der Waals surface area contributed by atoms with E-state index in [1.807, 2.05) is 6.07 Å². The van der Waals surface area contributed by atoms with Crippen molar-refractivity contribution in [1.29, 1.82) is 0 Å². The SMILES string of the molecule is CC(=O)Nc1ccc(S(=O)(=O)N2CCCC2(C(=O)OC(=O)CN(C(N)=O)c2cccc(C(=O)OCc3ccccc3)c2)c2ccccc2F)cc1. The Morgan fingerprint density at radius 2 is 1.61 bits per heavy atom. The zero-order valence-electron chi connectivity index (χ0n) is 27.3. The number of benzene rings is 4. The predicted molar refractivity (Wildman–Crippen MR) is 182 cm³/mol. The lowest BCUT2D eigenvalue weighted by molar-refractivity contribution is -0.166. The predicted octanol–water partition coefficient (Wildman–Crippen LogP) is 4.48. The van der Waals surface area contributed by atoms with Gasteiger partial charge in [0.1, 0.15) is 19.0 Å². The minimum atomic E-state index is -4.54. The maximum Gasteiger partial charge on any atom is 0.340 e. The Labute approximate surface area is 292 Å². The first-order valence-corrected chi connectivity index (χ1v) is 17.1. The van der Waals surface area contributed by atoms with Crippen LogP contribution in [0.2, 0.25) is 0 Å². The summed E-state index contributed by atoms with van der Waals surface area (Å²) in [4.78, 5) is 64.5. The number of hydrogen-bond donors (Lipinski definition) is 2. The number of urea groups is 1. The Bertz CT molecular complexity index is 2080. The smallest absolute Gasteiger partial charge is 0.340 e. The molecule has 0 radical (unpaired) electrons. The standard InChI is InChI=1S/C36H33FN4O9S/c1-24(42)39-27-15-17-29(18-16-27)51(47,48)41-20-8-19-36(41,30-13-5-6-14-31(30)37)34(45)50-32(43)22-40(35(38)46)28-12-7-11-26(21-28)33(44)49-23-25-9-3-2-4-10-25/h2-7,9-18,21H,8,19-20,22-23H2,1H3,(H2,38,46)(H,39,42). The normalized spacial score (nSPS) is 15.8. The fraction of sp³-hybridized carbons (Fsp3) is 0.194. The summed E-state index contributed by atoms with van der Waals surface area (Å²) in [6.07, 6.45) is -0.142. The number of nitrogens with one attached hydrogen (secondary N) is 1. The molecule has 1 saturated heterocycles. The molecule has 0 spiro atoms. The summed E-state index contributed by atoms with van der Waals surface area (Å²) in [6, 6.07) is 23.5. The summed E-state index contributed by atoms with van der Waals surface area (Å²) in [5.74, 6) is -4.71. The van der Waals surface area contributed by atoms with Crippen LogP contribution >= 0.6 is 0 Å².